The molecule has 0 N–H and O–H groups in total. The zero-order valence-corrected chi connectivity index (χ0v) is 16.3. The van der Waals surface area contributed by atoms with E-state index >= 15 is 0 Å². The molecule has 0 fully saturated rings. The Morgan fingerprint density at radius 1 is 1.17 bits per heavy atom. The molecule has 0 atom stereocenters. The number of carbonyl (C=O) groups excluding carboxylic acids is 1. The highest BCUT2D eigenvalue weighted by molar-refractivity contribution is 6.30. The molecule has 0 bridgehead atoms. The van der Waals surface area contributed by atoms with E-state index in [1.54, 1.807) is 40.0 Å². The van der Waals surface area contributed by atoms with Crippen molar-refractivity contribution in [2.75, 3.05) is 6.54 Å². The Labute approximate surface area is 172 Å². The molecule has 0 saturated heterocycles. The van der Waals surface area contributed by atoms with Gasteiger partial charge in [0, 0.05) is 44.2 Å². The quantitative estimate of drug-likeness (QED) is 0.518. The van der Waals surface area contributed by atoms with Crippen LogP contribution < -0.4 is 0 Å². The molecule has 0 aliphatic carbocycles. The zero-order chi connectivity index (χ0) is 19.8. The van der Waals surface area contributed by atoms with Gasteiger partial charge in [-0.2, -0.15) is 0 Å². The number of carbonyl (C=O) groups is 1. The van der Waals surface area contributed by atoms with Crippen LogP contribution in [-0.4, -0.2) is 36.7 Å². The number of oxazole rings is 1. The van der Waals surface area contributed by atoms with Gasteiger partial charge in [0.25, 0.3) is 5.91 Å². The molecule has 0 saturated carbocycles. The second kappa shape index (κ2) is 7.33. The summed E-state index contributed by atoms with van der Waals surface area (Å²) in [5, 5.41) is 0.595. The number of hydrogen-bond acceptors (Lipinski definition) is 5. The van der Waals surface area contributed by atoms with E-state index in [1.165, 1.54) is 0 Å². The Hall–Kier alpha value is -3.19. The monoisotopic (exact) mass is 407 g/mol. The van der Waals surface area contributed by atoms with Crippen molar-refractivity contribution in [1.29, 1.82) is 0 Å². The lowest BCUT2D eigenvalue weighted by Crippen LogP contribution is -2.36. The maximum atomic E-state index is 12.9. The first-order chi connectivity index (χ1) is 14.2. The summed E-state index contributed by atoms with van der Waals surface area (Å²) in [6.45, 7) is 1.01. The molecule has 0 unspecified atom stereocenters. The van der Waals surface area contributed by atoms with E-state index in [4.69, 9.17) is 16.0 Å². The molecule has 146 valence electrons. The molecule has 4 aromatic rings. The summed E-state index contributed by atoms with van der Waals surface area (Å²) in [7, 11) is 0. The van der Waals surface area contributed by atoms with Gasteiger partial charge in [-0.1, -0.05) is 17.7 Å². The molecular weight excluding hydrogens is 390 g/mol. The Kier molecular flexibility index (Phi) is 4.52. The summed E-state index contributed by atoms with van der Waals surface area (Å²) < 4.78 is 7.68. The number of aromatic nitrogens is 4. The first-order valence-electron chi connectivity index (χ1n) is 9.45. The van der Waals surface area contributed by atoms with E-state index < -0.39 is 0 Å². The fourth-order valence-electron chi connectivity index (χ4n) is 3.56. The number of hydrogen-bond donors (Lipinski definition) is 0. The molecule has 0 radical (unpaired) electrons. The van der Waals surface area contributed by atoms with E-state index in [0.29, 0.717) is 48.2 Å². The van der Waals surface area contributed by atoms with Gasteiger partial charge >= 0.3 is 0 Å². The minimum Gasteiger partial charge on any atom is -0.445 e. The van der Waals surface area contributed by atoms with Gasteiger partial charge in [-0.3, -0.25) is 9.78 Å². The Balaban J connectivity index is 1.29. The summed E-state index contributed by atoms with van der Waals surface area (Å²) >= 11 is 6.01. The van der Waals surface area contributed by atoms with Crippen molar-refractivity contribution < 1.29 is 9.21 Å². The fourth-order valence-corrected chi connectivity index (χ4v) is 3.73. The predicted octanol–water partition coefficient (Wildman–Crippen LogP) is 3.35. The van der Waals surface area contributed by atoms with Crippen LogP contribution in [0.3, 0.4) is 0 Å². The molecule has 5 rings (SSSR count). The van der Waals surface area contributed by atoms with Crippen molar-refractivity contribution in [1.82, 2.24) is 24.3 Å². The second-order valence-corrected chi connectivity index (χ2v) is 7.49. The van der Waals surface area contributed by atoms with E-state index in [1.807, 2.05) is 18.3 Å². The summed E-state index contributed by atoms with van der Waals surface area (Å²) in [5.74, 6) is 1.46. The van der Waals surface area contributed by atoms with Crippen LogP contribution >= 0.6 is 11.6 Å². The third kappa shape index (κ3) is 3.61. The first kappa shape index (κ1) is 17.9. The molecule has 4 aromatic heterocycles. The van der Waals surface area contributed by atoms with Crippen molar-refractivity contribution in [2.45, 2.75) is 25.8 Å². The van der Waals surface area contributed by atoms with Gasteiger partial charge in [-0.25, -0.2) is 9.97 Å². The first-order valence-corrected chi connectivity index (χ1v) is 9.83. The third-order valence-corrected chi connectivity index (χ3v) is 5.27. The van der Waals surface area contributed by atoms with E-state index in [0.717, 1.165) is 23.4 Å². The number of fused-ring (bicyclic) bond motifs is 2. The molecule has 1 aliphatic rings. The van der Waals surface area contributed by atoms with Gasteiger partial charge < -0.3 is 13.7 Å². The van der Waals surface area contributed by atoms with Crippen molar-refractivity contribution in [3.8, 4) is 0 Å². The average molecular weight is 408 g/mol. The van der Waals surface area contributed by atoms with Gasteiger partial charge in [0.1, 0.15) is 22.8 Å². The topological polar surface area (TPSA) is 76.5 Å². The van der Waals surface area contributed by atoms with Crippen LogP contribution in [0.15, 0.2) is 53.5 Å². The summed E-state index contributed by atoms with van der Waals surface area (Å²) in [5.41, 5.74) is 3.07. The smallest absolute Gasteiger partial charge is 0.274 e. The minimum atomic E-state index is -0.115. The number of halogens is 1. The van der Waals surface area contributed by atoms with E-state index in [2.05, 4.69) is 15.0 Å². The summed E-state index contributed by atoms with van der Waals surface area (Å²) in [4.78, 5) is 27.9. The highest BCUT2D eigenvalue weighted by Gasteiger charge is 2.27. The highest BCUT2D eigenvalue weighted by atomic mass is 35.5. The van der Waals surface area contributed by atoms with Gasteiger partial charge in [0.15, 0.2) is 5.89 Å². The SMILES string of the molecule is O=C(c1cn2cc(Cl)ccc2n1)N1CCc2oc(CCc3cccnc3)nc2C1. The fraction of sp³-hybridized carbons (Fsp3) is 0.238. The maximum absolute atomic E-state index is 12.9. The summed E-state index contributed by atoms with van der Waals surface area (Å²) in [6, 6.07) is 7.51. The van der Waals surface area contributed by atoms with E-state index in [-0.39, 0.29) is 5.91 Å². The Morgan fingerprint density at radius 2 is 2.10 bits per heavy atom. The van der Waals surface area contributed by atoms with Crippen molar-refractivity contribution in [2.24, 2.45) is 0 Å². The lowest BCUT2D eigenvalue weighted by molar-refractivity contribution is 0.0722. The lowest BCUT2D eigenvalue weighted by atomic mass is 10.1. The van der Waals surface area contributed by atoms with Crippen LogP contribution in [0.25, 0.3) is 5.65 Å². The normalized spacial score (nSPS) is 13.6. The molecular formula is C21H18ClN5O2. The van der Waals surface area contributed by atoms with Crippen molar-refractivity contribution in [3.63, 3.8) is 0 Å². The molecule has 8 heteroatoms. The molecule has 0 spiro atoms. The predicted molar refractivity (Wildman–Crippen MR) is 107 cm³/mol. The Morgan fingerprint density at radius 3 is 2.97 bits per heavy atom. The highest BCUT2D eigenvalue weighted by Crippen LogP contribution is 2.22. The second-order valence-electron chi connectivity index (χ2n) is 7.05. The Bertz CT molecular complexity index is 1180. The lowest BCUT2D eigenvalue weighted by Gasteiger charge is -2.24. The number of aryl methyl sites for hydroxylation is 2. The van der Waals surface area contributed by atoms with Gasteiger partial charge in [-0.05, 0) is 30.2 Å². The van der Waals surface area contributed by atoms with E-state index in [9.17, 15) is 4.79 Å². The maximum Gasteiger partial charge on any atom is 0.274 e. The van der Waals surface area contributed by atoms with Crippen LogP contribution in [-0.2, 0) is 25.8 Å². The number of pyridine rings is 2. The average Bonchev–Trinajstić information content (AvgIpc) is 3.35. The van der Waals surface area contributed by atoms with Gasteiger partial charge in [0.2, 0.25) is 0 Å². The third-order valence-electron chi connectivity index (χ3n) is 5.04. The molecule has 7 nitrogen and oxygen atoms in total. The zero-order valence-electron chi connectivity index (χ0n) is 15.6. The summed E-state index contributed by atoms with van der Waals surface area (Å²) in [6.07, 6.45) is 9.24. The van der Waals surface area contributed by atoms with Gasteiger partial charge in [-0.15, -0.1) is 0 Å². The molecule has 0 aromatic carbocycles. The molecule has 1 aliphatic heterocycles. The standard InChI is InChI=1S/C21H18ClN5O2/c22-15-4-5-19-24-17(13-27(19)11-15)21(28)26-9-7-18-16(12-26)25-20(29-18)6-3-14-2-1-8-23-10-14/h1-2,4-5,8,10-11,13H,3,6-7,9,12H2. The van der Waals surface area contributed by atoms with Crippen molar-refractivity contribution in [3.05, 3.63) is 82.7 Å². The number of imidazole rings is 1. The van der Waals surface area contributed by atoms with Crippen LogP contribution in [0, 0.1) is 0 Å². The number of rotatable bonds is 4. The van der Waals surface area contributed by atoms with Crippen LogP contribution in [0.2, 0.25) is 5.02 Å². The number of amides is 1. The van der Waals surface area contributed by atoms with Gasteiger partial charge in [0.05, 0.1) is 11.6 Å². The van der Waals surface area contributed by atoms with Crippen LogP contribution in [0.1, 0.15) is 33.4 Å². The van der Waals surface area contributed by atoms with Crippen LogP contribution in [0.5, 0.6) is 0 Å². The minimum absolute atomic E-state index is 0.115. The molecule has 1 amide bonds. The van der Waals surface area contributed by atoms with Crippen molar-refractivity contribution >= 4 is 23.2 Å². The largest absolute Gasteiger partial charge is 0.445 e. The molecule has 5 heterocycles. The molecule has 29 heavy (non-hydrogen) atoms. The number of nitrogens with zero attached hydrogens (tertiary/aromatic N) is 5. The van der Waals surface area contributed by atoms with Crippen LogP contribution in [0.4, 0.5) is 0 Å².